The van der Waals surface area contributed by atoms with E-state index in [2.05, 4.69) is 10.1 Å². The predicted molar refractivity (Wildman–Crippen MR) is 80.0 cm³/mol. The van der Waals surface area contributed by atoms with Crippen LogP contribution >= 0.6 is 0 Å². The highest BCUT2D eigenvalue weighted by atomic mass is 16.5. The van der Waals surface area contributed by atoms with Crippen molar-refractivity contribution in [1.82, 2.24) is 5.32 Å². The number of ether oxygens (including phenoxy) is 2. The van der Waals surface area contributed by atoms with Crippen molar-refractivity contribution in [2.75, 3.05) is 7.11 Å². The van der Waals surface area contributed by atoms with Crippen molar-refractivity contribution in [3.63, 3.8) is 0 Å². The van der Waals surface area contributed by atoms with Crippen molar-refractivity contribution >= 4 is 17.8 Å². The molecule has 1 rings (SSSR count). The lowest BCUT2D eigenvalue weighted by atomic mass is 10.0. The van der Waals surface area contributed by atoms with Gasteiger partial charge in [-0.3, -0.25) is 4.79 Å². The lowest BCUT2D eigenvalue weighted by molar-refractivity contribution is -0.152. The van der Waals surface area contributed by atoms with Crippen molar-refractivity contribution in [3.05, 3.63) is 35.9 Å². The molecule has 0 aliphatic heterocycles. The number of ketones is 1. The van der Waals surface area contributed by atoms with E-state index in [9.17, 15) is 14.4 Å². The molecule has 0 spiro atoms. The molecule has 0 aliphatic rings. The van der Waals surface area contributed by atoms with Crippen LogP contribution in [0.2, 0.25) is 0 Å². The number of benzene rings is 1. The Balaban J connectivity index is 2.58. The molecule has 1 amide bonds. The molecule has 22 heavy (non-hydrogen) atoms. The zero-order valence-corrected chi connectivity index (χ0v) is 13.0. The van der Waals surface area contributed by atoms with Gasteiger partial charge < -0.3 is 14.8 Å². The normalized spacial score (nSPS) is 11.6. The van der Waals surface area contributed by atoms with Gasteiger partial charge in [0.05, 0.1) is 7.11 Å². The molecule has 0 saturated carbocycles. The number of hydrogen-bond donors (Lipinski definition) is 1. The van der Waals surface area contributed by atoms with Gasteiger partial charge in [0.25, 0.3) is 5.78 Å². The third kappa shape index (κ3) is 5.95. The van der Waals surface area contributed by atoms with E-state index in [-0.39, 0.29) is 12.5 Å². The summed E-state index contributed by atoms with van der Waals surface area (Å²) in [7, 11) is 1.13. The smallest absolute Gasteiger partial charge is 0.408 e. The SMILES string of the molecule is COC(=O)C(=O)[C@H](CC(C)C)NC(=O)OCc1ccccc1. The van der Waals surface area contributed by atoms with Gasteiger partial charge in [-0.1, -0.05) is 44.2 Å². The predicted octanol–water partition coefficient (Wildman–Crippen LogP) is 2.07. The second-order valence-corrected chi connectivity index (χ2v) is 5.24. The van der Waals surface area contributed by atoms with Gasteiger partial charge in [0.2, 0.25) is 0 Å². The first-order valence-corrected chi connectivity index (χ1v) is 7.03. The van der Waals surface area contributed by atoms with E-state index < -0.39 is 23.9 Å². The van der Waals surface area contributed by atoms with Crippen LogP contribution in [-0.2, 0) is 25.7 Å². The average molecular weight is 307 g/mol. The Kier molecular flexibility index (Phi) is 7.08. The van der Waals surface area contributed by atoms with Crippen molar-refractivity contribution in [1.29, 1.82) is 0 Å². The van der Waals surface area contributed by atoms with Crippen molar-refractivity contribution in [3.8, 4) is 0 Å². The lowest BCUT2D eigenvalue weighted by Crippen LogP contribution is -2.45. The van der Waals surface area contributed by atoms with Gasteiger partial charge >= 0.3 is 12.1 Å². The standard InChI is InChI=1S/C16H21NO5/c1-11(2)9-13(14(18)15(19)21-3)17-16(20)22-10-12-7-5-4-6-8-12/h4-8,11,13H,9-10H2,1-3H3,(H,17,20)/t13-/m0/s1. The molecule has 120 valence electrons. The van der Waals surface area contributed by atoms with Crippen molar-refractivity contribution in [2.45, 2.75) is 32.9 Å². The Morgan fingerprint density at radius 3 is 2.32 bits per heavy atom. The highest BCUT2D eigenvalue weighted by molar-refractivity contribution is 6.35. The fraction of sp³-hybridized carbons (Fsp3) is 0.438. The Hall–Kier alpha value is -2.37. The first kappa shape index (κ1) is 17.7. The highest BCUT2D eigenvalue weighted by Crippen LogP contribution is 2.08. The van der Waals surface area contributed by atoms with Crippen molar-refractivity contribution < 1.29 is 23.9 Å². The highest BCUT2D eigenvalue weighted by Gasteiger charge is 2.28. The van der Waals surface area contributed by atoms with Gasteiger partial charge in [-0.25, -0.2) is 9.59 Å². The van der Waals surface area contributed by atoms with Crippen LogP contribution in [0, 0.1) is 5.92 Å². The largest absolute Gasteiger partial charge is 0.463 e. The minimum absolute atomic E-state index is 0.0908. The van der Waals surface area contributed by atoms with Gasteiger partial charge in [-0.05, 0) is 17.9 Å². The Bertz CT molecular complexity index is 513. The quantitative estimate of drug-likeness (QED) is 0.616. The van der Waals surface area contributed by atoms with Crippen LogP contribution in [0.5, 0.6) is 0 Å². The molecule has 1 aromatic carbocycles. The van der Waals surface area contributed by atoms with Crippen molar-refractivity contribution in [2.24, 2.45) is 5.92 Å². The Labute approximate surface area is 129 Å². The molecule has 1 aromatic rings. The molecule has 0 radical (unpaired) electrons. The Morgan fingerprint density at radius 2 is 1.77 bits per heavy atom. The number of rotatable bonds is 7. The summed E-state index contributed by atoms with van der Waals surface area (Å²) in [6.07, 6.45) is -0.416. The van der Waals surface area contributed by atoms with Gasteiger partial charge in [0.15, 0.2) is 0 Å². The molecule has 6 nitrogen and oxygen atoms in total. The zero-order valence-electron chi connectivity index (χ0n) is 13.0. The van der Waals surface area contributed by atoms with Crippen LogP contribution in [0.3, 0.4) is 0 Å². The minimum atomic E-state index is -0.978. The fourth-order valence-electron chi connectivity index (χ4n) is 1.85. The maximum absolute atomic E-state index is 11.9. The van der Waals surface area contributed by atoms with E-state index in [0.717, 1.165) is 12.7 Å². The first-order valence-electron chi connectivity index (χ1n) is 7.03. The van der Waals surface area contributed by atoms with Gasteiger partial charge in [-0.2, -0.15) is 0 Å². The Morgan fingerprint density at radius 1 is 1.14 bits per heavy atom. The zero-order chi connectivity index (χ0) is 16.5. The molecular weight excluding hydrogens is 286 g/mol. The summed E-state index contributed by atoms with van der Waals surface area (Å²) in [5.74, 6) is -1.64. The molecular formula is C16H21NO5. The molecule has 0 fully saturated rings. The van der Waals surface area contributed by atoms with E-state index >= 15 is 0 Å². The maximum atomic E-state index is 11.9. The van der Waals surface area contributed by atoms with E-state index in [4.69, 9.17) is 4.74 Å². The summed E-state index contributed by atoms with van der Waals surface area (Å²) in [6.45, 7) is 3.86. The fourth-order valence-corrected chi connectivity index (χ4v) is 1.85. The molecule has 0 bridgehead atoms. The topological polar surface area (TPSA) is 81.7 Å². The van der Waals surface area contributed by atoms with Crippen LogP contribution in [0.4, 0.5) is 4.79 Å². The molecule has 0 unspecified atom stereocenters. The molecule has 6 heteroatoms. The van der Waals surface area contributed by atoms with E-state index in [1.54, 1.807) is 0 Å². The monoisotopic (exact) mass is 307 g/mol. The molecule has 0 aromatic heterocycles. The average Bonchev–Trinajstić information content (AvgIpc) is 2.51. The van der Waals surface area contributed by atoms with Crippen LogP contribution in [0.15, 0.2) is 30.3 Å². The van der Waals surface area contributed by atoms with Crippen LogP contribution < -0.4 is 5.32 Å². The number of nitrogens with one attached hydrogen (secondary N) is 1. The molecule has 1 N–H and O–H groups in total. The maximum Gasteiger partial charge on any atom is 0.408 e. The number of methoxy groups -OCH3 is 1. The number of carbonyl (C=O) groups excluding carboxylic acids is 3. The van der Waals surface area contributed by atoms with Crippen LogP contribution in [0.25, 0.3) is 0 Å². The van der Waals surface area contributed by atoms with Gasteiger partial charge in [0, 0.05) is 0 Å². The van der Waals surface area contributed by atoms with E-state index in [0.29, 0.717) is 6.42 Å². The summed E-state index contributed by atoms with van der Waals surface area (Å²) in [5.41, 5.74) is 0.831. The number of alkyl carbamates (subject to hydrolysis) is 1. The number of carbonyl (C=O) groups is 3. The summed E-state index contributed by atoms with van der Waals surface area (Å²) in [4.78, 5) is 35.0. The van der Waals surface area contributed by atoms with E-state index in [1.165, 1.54) is 0 Å². The second-order valence-electron chi connectivity index (χ2n) is 5.24. The van der Waals surface area contributed by atoms with E-state index in [1.807, 2.05) is 44.2 Å². The lowest BCUT2D eigenvalue weighted by Gasteiger charge is -2.18. The van der Waals surface area contributed by atoms with Gasteiger partial charge in [0.1, 0.15) is 12.6 Å². The van der Waals surface area contributed by atoms with Crippen LogP contribution in [-0.4, -0.2) is 31.0 Å². The first-order chi connectivity index (χ1) is 10.4. The summed E-state index contributed by atoms with van der Waals surface area (Å²) < 4.78 is 9.45. The summed E-state index contributed by atoms with van der Waals surface area (Å²) in [6, 6.07) is 8.21. The van der Waals surface area contributed by atoms with Crippen LogP contribution in [0.1, 0.15) is 25.8 Å². The number of Topliss-reactive ketones (excluding diaryl/α,β-unsaturated/α-hetero) is 1. The second kappa shape index (κ2) is 8.81. The molecule has 0 heterocycles. The van der Waals surface area contributed by atoms with Gasteiger partial charge in [-0.15, -0.1) is 0 Å². The summed E-state index contributed by atoms with van der Waals surface area (Å²) in [5, 5.41) is 2.42. The third-order valence-electron chi connectivity index (χ3n) is 2.92. The molecule has 0 saturated heterocycles. The molecule has 0 aliphatic carbocycles. The third-order valence-corrected chi connectivity index (χ3v) is 2.92. The molecule has 1 atom stereocenters. The number of esters is 1. The summed E-state index contributed by atoms with van der Waals surface area (Å²) >= 11 is 0. The number of hydrogen-bond acceptors (Lipinski definition) is 5. The minimum Gasteiger partial charge on any atom is -0.463 e. The number of amides is 1.